The lowest BCUT2D eigenvalue weighted by Crippen LogP contribution is -2.54. The highest BCUT2D eigenvalue weighted by Crippen LogP contribution is 2.68. The predicted molar refractivity (Wildman–Crippen MR) is 178 cm³/mol. The third-order valence-corrected chi connectivity index (χ3v) is 13.8. The van der Waals surface area contributed by atoms with Crippen LogP contribution in [-0.4, -0.2) is 74.5 Å². The molecule has 4 saturated carbocycles. The standard InChI is InChI=1S/C35H65N2O6P.H2O/c1-25(2)10-9-11-26(3)30-14-15-31-29-13-12-27-24-28(16-18-34(27,4)32(29)17-19-35(30,31)5)43-33(38)36-20-22-41-44(39,40)42-23-21-37(6,7)8;/h25-32H,9-24H2,1-8H3,(H-,36,38,39,40);1H2/t26-,27-,28-,29+,30-,31+,32+,34+,35-;/m1./s1. The molecule has 4 fully saturated rings. The Morgan fingerprint density at radius 3 is 2.29 bits per heavy atom. The van der Waals surface area contributed by atoms with Gasteiger partial charge in [0.2, 0.25) is 0 Å². The van der Waals surface area contributed by atoms with E-state index in [0.717, 1.165) is 54.8 Å². The average Bonchev–Trinajstić information content (AvgIpc) is 3.27. The van der Waals surface area contributed by atoms with Gasteiger partial charge in [-0.1, -0.05) is 53.9 Å². The van der Waals surface area contributed by atoms with E-state index in [1.54, 1.807) is 0 Å². The molecule has 0 saturated heterocycles. The highest BCUT2D eigenvalue weighted by atomic mass is 31.2. The SMILES string of the molecule is CC(C)CCC[C@@H](C)[C@H]1CC[C@H]2[C@@H]3CC[C@@H]4C[C@H](OC(=O)NCCOP(=O)(O)OCC[N+](C)(C)C)CC[C@]4(C)[C@H]3CC[C@]12C.[OH-]. The minimum absolute atomic E-state index is 0. The van der Waals surface area contributed by atoms with Crippen LogP contribution in [0.15, 0.2) is 0 Å². The third-order valence-electron chi connectivity index (χ3n) is 12.7. The van der Waals surface area contributed by atoms with Crippen molar-refractivity contribution in [3.05, 3.63) is 0 Å². The molecule has 264 valence electrons. The number of hydrogen-bond acceptors (Lipinski definition) is 6. The number of phosphoric acid groups is 1. The summed E-state index contributed by atoms with van der Waals surface area (Å²) in [6.07, 6.45) is 14.9. The van der Waals surface area contributed by atoms with Crippen LogP contribution < -0.4 is 5.32 Å². The number of amides is 1. The number of fused-ring (bicyclic) bond motifs is 5. The number of likely N-dealkylation sites (N-methyl/N-ethyl adjacent to an activating group) is 1. The summed E-state index contributed by atoms with van der Waals surface area (Å²) in [5, 5.41) is 2.69. The fourth-order valence-corrected chi connectivity index (χ4v) is 11.0. The normalized spacial score (nSPS) is 36.6. The second-order valence-corrected chi connectivity index (χ2v) is 18.5. The van der Waals surface area contributed by atoms with Crippen molar-refractivity contribution in [3.63, 3.8) is 0 Å². The van der Waals surface area contributed by atoms with Crippen molar-refractivity contribution in [1.29, 1.82) is 0 Å². The molecule has 0 aromatic rings. The molecule has 9 nitrogen and oxygen atoms in total. The number of nitrogens with zero attached hydrogens (tertiary/aromatic N) is 1. The molecule has 45 heavy (non-hydrogen) atoms. The Kier molecular flexibility index (Phi) is 13.5. The van der Waals surface area contributed by atoms with Gasteiger partial charge in [0.15, 0.2) is 0 Å². The number of phosphoric ester groups is 1. The van der Waals surface area contributed by atoms with E-state index in [1.807, 2.05) is 21.1 Å². The molecular weight excluding hydrogens is 591 g/mol. The molecule has 10 atom stereocenters. The van der Waals surface area contributed by atoms with Crippen molar-refractivity contribution in [2.75, 3.05) is 47.4 Å². The first-order chi connectivity index (χ1) is 20.5. The van der Waals surface area contributed by atoms with E-state index in [0.29, 0.717) is 27.8 Å². The van der Waals surface area contributed by atoms with E-state index in [4.69, 9.17) is 13.8 Å². The Bertz CT molecular complexity index is 1000. The molecule has 0 spiro atoms. The van der Waals surface area contributed by atoms with Gasteiger partial charge in [-0.25, -0.2) is 9.36 Å². The predicted octanol–water partition coefficient (Wildman–Crippen LogP) is 7.87. The zero-order valence-corrected chi connectivity index (χ0v) is 30.7. The maximum absolute atomic E-state index is 12.6. The van der Waals surface area contributed by atoms with Crippen molar-refractivity contribution < 1.29 is 38.0 Å². The van der Waals surface area contributed by atoms with Gasteiger partial charge in [-0.15, -0.1) is 0 Å². The molecule has 0 aliphatic heterocycles. The van der Waals surface area contributed by atoms with Crippen molar-refractivity contribution >= 4 is 13.9 Å². The second kappa shape index (κ2) is 15.7. The average molecular weight is 659 g/mol. The summed E-state index contributed by atoms with van der Waals surface area (Å²) < 4.78 is 28.6. The molecule has 0 aromatic carbocycles. The Hall–Kier alpha value is -0.700. The van der Waals surface area contributed by atoms with Crippen molar-refractivity contribution in [1.82, 2.24) is 5.32 Å². The molecule has 10 heteroatoms. The molecule has 0 bridgehead atoms. The van der Waals surface area contributed by atoms with Gasteiger partial charge in [0.05, 0.1) is 27.7 Å². The Morgan fingerprint density at radius 2 is 1.60 bits per heavy atom. The van der Waals surface area contributed by atoms with Gasteiger partial charge in [-0.05, 0) is 110 Å². The smallest absolute Gasteiger partial charge is 0.472 e. The molecule has 0 aromatic heterocycles. The second-order valence-electron chi connectivity index (χ2n) is 17.1. The fourth-order valence-electron chi connectivity index (χ4n) is 10.3. The maximum Gasteiger partial charge on any atom is 0.472 e. The summed E-state index contributed by atoms with van der Waals surface area (Å²) in [4.78, 5) is 22.4. The van der Waals surface area contributed by atoms with E-state index >= 15 is 0 Å². The largest absolute Gasteiger partial charge is 0.870 e. The molecule has 4 aliphatic carbocycles. The first-order valence-electron chi connectivity index (χ1n) is 17.9. The number of rotatable bonds is 14. The minimum Gasteiger partial charge on any atom is -0.870 e. The van der Waals surface area contributed by atoms with Crippen LogP contribution in [-0.2, 0) is 18.3 Å². The van der Waals surface area contributed by atoms with Gasteiger partial charge in [0, 0.05) is 6.54 Å². The van der Waals surface area contributed by atoms with Crippen LogP contribution in [0.5, 0.6) is 0 Å². The van der Waals surface area contributed by atoms with Gasteiger partial charge in [0.1, 0.15) is 19.3 Å². The summed E-state index contributed by atoms with van der Waals surface area (Å²) in [6.45, 7) is 13.2. The van der Waals surface area contributed by atoms with Crippen LogP contribution in [0, 0.1) is 52.3 Å². The summed E-state index contributed by atoms with van der Waals surface area (Å²) in [7, 11) is 1.79. The Balaban J connectivity index is 0.00000552. The lowest BCUT2D eigenvalue weighted by Gasteiger charge is -2.61. The summed E-state index contributed by atoms with van der Waals surface area (Å²) in [6, 6.07) is 0. The highest BCUT2D eigenvalue weighted by Gasteiger charge is 2.60. The van der Waals surface area contributed by atoms with Crippen molar-refractivity contribution in [3.8, 4) is 0 Å². The Labute approximate surface area is 274 Å². The monoisotopic (exact) mass is 658 g/mol. The number of carbonyl (C=O) groups excluding carboxylic acids is 1. The molecule has 0 heterocycles. The molecule has 0 radical (unpaired) electrons. The van der Waals surface area contributed by atoms with Gasteiger partial charge in [-0.2, -0.15) is 0 Å². The quantitative estimate of drug-likeness (QED) is 0.111. The van der Waals surface area contributed by atoms with Gasteiger partial charge < -0.3 is 24.9 Å². The van der Waals surface area contributed by atoms with Crippen LogP contribution in [0.1, 0.15) is 112 Å². The van der Waals surface area contributed by atoms with E-state index in [1.165, 1.54) is 57.8 Å². The zero-order valence-electron chi connectivity index (χ0n) is 29.8. The van der Waals surface area contributed by atoms with Gasteiger partial charge in [-0.3, -0.25) is 9.05 Å². The summed E-state index contributed by atoms with van der Waals surface area (Å²) in [5.74, 6) is 5.71. The number of ether oxygens (including phenoxy) is 1. The first-order valence-corrected chi connectivity index (χ1v) is 19.4. The number of nitrogens with one attached hydrogen (secondary N) is 1. The van der Waals surface area contributed by atoms with Crippen LogP contribution in [0.25, 0.3) is 0 Å². The van der Waals surface area contributed by atoms with Crippen LogP contribution >= 0.6 is 7.82 Å². The molecule has 1 unspecified atom stereocenters. The highest BCUT2D eigenvalue weighted by molar-refractivity contribution is 7.47. The Morgan fingerprint density at radius 1 is 0.933 bits per heavy atom. The van der Waals surface area contributed by atoms with E-state index in [-0.39, 0.29) is 31.3 Å². The van der Waals surface area contributed by atoms with Crippen molar-refractivity contribution in [2.45, 2.75) is 118 Å². The third kappa shape index (κ3) is 9.69. The number of carbonyl (C=O) groups is 1. The topological polar surface area (TPSA) is 124 Å². The first kappa shape index (κ1) is 38.7. The summed E-state index contributed by atoms with van der Waals surface area (Å²) in [5.41, 5.74) is 0.870. The van der Waals surface area contributed by atoms with E-state index in [2.05, 4.69) is 39.9 Å². The van der Waals surface area contributed by atoms with E-state index < -0.39 is 13.9 Å². The molecule has 4 aliphatic rings. The molecule has 1 amide bonds. The lowest BCUT2D eigenvalue weighted by atomic mass is 9.44. The molecular formula is C35H67N2O7P. The van der Waals surface area contributed by atoms with Gasteiger partial charge >= 0.3 is 13.9 Å². The van der Waals surface area contributed by atoms with Gasteiger partial charge in [0.25, 0.3) is 0 Å². The fraction of sp³-hybridized carbons (Fsp3) is 0.971. The molecule has 4 rings (SSSR count). The zero-order chi connectivity index (χ0) is 32.3. The van der Waals surface area contributed by atoms with Crippen LogP contribution in [0.4, 0.5) is 4.79 Å². The summed E-state index contributed by atoms with van der Waals surface area (Å²) >= 11 is 0. The number of quaternary nitrogens is 1. The number of alkyl carbamates (subject to hydrolysis) is 1. The lowest BCUT2D eigenvalue weighted by molar-refractivity contribution is -0.870. The van der Waals surface area contributed by atoms with Crippen LogP contribution in [0.3, 0.4) is 0 Å². The maximum atomic E-state index is 12.6. The minimum atomic E-state index is -4.14. The van der Waals surface area contributed by atoms with Crippen molar-refractivity contribution in [2.24, 2.45) is 52.3 Å². The van der Waals surface area contributed by atoms with E-state index in [9.17, 15) is 14.3 Å². The molecule has 3 N–H and O–H groups in total. The van der Waals surface area contributed by atoms with Crippen LogP contribution in [0.2, 0.25) is 0 Å². The number of hydrogen-bond donors (Lipinski definition) is 2.